The van der Waals surface area contributed by atoms with Crippen molar-refractivity contribution in [3.8, 4) is 5.75 Å². The zero-order valence-electron chi connectivity index (χ0n) is 15.6. The molecule has 0 saturated heterocycles. The van der Waals surface area contributed by atoms with E-state index in [-0.39, 0.29) is 11.9 Å². The Labute approximate surface area is 162 Å². The lowest BCUT2D eigenvalue weighted by Crippen LogP contribution is -2.21. The van der Waals surface area contributed by atoms with E-state index in [4.69, 9.17) is 20.9 Å². The second-order valence-corrected chi connectivity index (χ2v) is 5.58. The summed E-state index contributed by atoms with van der Waals surface area (Å²) in [4.78, 5) is 27.9. The maximum atomic E-state index is 12.5. The summed E-state index contributed by atoms with van der Waals surface area (Å²) in [7, 11) is 1.50. The normalized spacial score (nSPS) is 10.4. The van der Waals surface area contributed by atoms with Crippen molar-refractivity contribution in [2.24, 2.45) is 16.5 Å². The molecule has 0 fully saturated rings. The van der Waals surface area contributed by atoms with Crippen LogP contribution < -0.4 is 21.5 Å². The van der Waals surface area contributed by atoms with Crippen LogP contribution in [0.1, 0.15) is 22.8 Å². The van der Waals surface area contributed by atoms with Gasteiger partial charge in [0, 0.05) is 29.0 Å². The lowest BCUT2D eigenvalue weighted by Gasteiger charge is -2.10. The number of nitrogens with zero attached hydrogens (tertiary/aromatic N) is 1. The van der Waals surface area contributed by atoms with Gasteiger partial charge in [-0.15, -0.1) is 0 Å². The first-order valence-corrected chi connectivity index (χ1v) is 8.47. The van der Waals surface area contributed by atoms with Gasteiger partial charge >= 0.3 is 5.97 Å². The van der Waals surface area contributed by atoms with Gasteiger partial charge in [0.1, 0.15) is 5.75 Å². The third-order valence-corrected chi connectivity index (χ3v) is 3.54. The van der Waals surface area contributed by atoms with Crippen LogP contribution in [0.15, 0.2) is 53.5 Å². The van der Waals surface area contributed by atoms with E-state index in [0.717, 1.165) is 0 Å². The van der Waals surface area contributed by atoms with Crippen LogP contribution in [0.25, 0.3) is 6.08 Å². The summed E-state index contributed by atoms with van der Waals surface area (Å²) < 4.78 is 10.2. The molecule has 0 aliphatic heterocycles. The predicted molar refractivity (Wildman–Crippen MR) is 109 cm³/mol. The number of aliphatic imine (C=N–C) groups is 1. The summed E-state index contributed by atoms with van der Waals surface area (Å²) in [6.45, 7) is 2.03. The number of hydrogen-bond acceptors (Lipinski definition) is 5. The van der Waals surface area contributed by atoms with Gasteiger partial charge in [0.05, 0.1) is 19.4 Å². The molecule has 8 heteroatoms. The molecule has 0 unspecified atom stereocenters. The van der Waals surface area contributed by atoms with Crippen LogP contribution in [0.4, 0.5) is 11.4 Å². The van der Waals surface area contributed by atoms with Crippen LogP contribution in [0, 0.1) is 0 Å². The lowest BCUT2D eigenvalue weighted by molar-refractivity contribution is -0.137. The smallest absolute Gasteiger partial charge is 0.330 e. The maximum absolute atomic E-state index is 12.5. The first kappa shape index (κ1) is 20.5. The highest BCUT2D eigenvalue weighted by molar-refractivity contribution is 6.05. The number of hydrogen-bond donors (Lipinski definition) is 3. The Hall–Kier alpha value is -3.81. The molecule has 1 amide bonds. The van der Waals surface area contributed by atoms with E-state index in [1.807, 2.05) is 0 Å². The summed E-state index contributed by atoms with van der Waals surface area (Å²) in [6, 6.07) is 11.7. The molecule has 146 valence electrons. The Bertz CT molecular complexity index is 918. The molecule has 0 spiro atoms. The van der Waals surface area contributed by atoms with E-state index in [1.165, 1.54) is 13.2 Å². The van der Waals surface area contributed by atoms with Crippen molar-refractivity contribution in [3.05, 3.63) is 59.7 Å². The first-order chi connectivity index (χ1) is 13.4. The molecule has 2 rings (SSSR count). The third kappa shape index (κ3) is 5.87. The quantitative estimate of drug-likeness (QED) is 0.292. The number of amides is 1. The number of guanidine groups is 1. The van der Waals surface area contributed by atoms with E-state index in [0.29, 0.717) is 34.9 Å². The summed E-state index contributed by atoms with van der Waals surface area (Å²) in [5, 5.41) is 2.78. The van der Waals surface area contributed by atoms with Gasteiger partial charge in [-0.25, -0.2) is 9.79 Å². The van der Waals surface area contributed by atoms with Crippen LogP contribution in [0.5, 0.6) is 5.75 Å². The fourth-order valence-electron chi connectivity index (χ4n) is 2.34. The number of methoxy groups -OCH3 is 1. The van der Waals surface area contributed by atoms with Crippen LogP contribution in [-0.2, 0) is 9.53 Å². The largest absolute Gasteiger partial charge is 0.496 e. The van der Waals surface area contributed by atoms with Crippen molar-refractivity contribution in [1.82, 2.24) is 0 Å². The van der Waals surface area contributed by atoms with Gasteiger partial charge in [-0.3, -0.25) is 4.79 Å². The van der Waals surface area contributed by atoms with E-state index < -0.39 is 5.97 Å². The third-order valence-electron chi connectivity index (χ3n) is 3.54. The highest BCUT2D eigenvalue weighted by Gasteiger charge is 2.09. The van der Waals surface area contributed by atoms with Crippen molar-refractivity contribution >= 4 is 35.3 Å². The molecule has 5 N–H and O–H groups in total. The van der Waals surface area contributed by atoms with Crippen LogP contribution in [-0.4, -0.2) is 31.6 Å². The number of benzene rings is 2. The minimum Gasteiger partial charge on any atom is -0.496 e. The molecule has 0 aliphatic carbocycles. The van der Waals surface area contributed by atoms with E-state index in [9.17, 15) is 9.59 Å². The van der Waals surface area contributed by atoms with Crippen LogP contribution in [0.3, 0.4) is 0 Å². The summed E-state index contributed by atoms with van der Waals surface area (Å²) in [5.41, 5.74) is 12.8. The van der Waals surface area contributed by atoms with Crippen molar-refractivity contribution in [1.29, 1.82) is 0 Å². The molecule has 0 saturated carbocycles. The van der Waals surface area contributed by atoms with Crippen molar-refractivity contribution in [3.63, 3.8) is 0 Å². The van der Waals surface area contributed by atoms with E-state index in [2.05, 4.69) is 10.3 Å². The molecule has 0 bridgehead atoms. The molecule has 0 radical (unpaired) electrons. The van der Waals surface area contributed by atoms with Gasteiger partial charge < -0.3 is 26.3 Å². The average molecular weight is 382 g/mol. The summed E-state index contributed by atoms with van der Waals surface area (Å²) in [5.74, 6) is -0.367. The molecule has 0 heterocycles. The van der Waals surface area contributed by atoms with E-state index in [1.54, 1.807) is 55.5 Å². The van der Waals surface area contributed by atoms with Crippen molar-refractivity contribution < 1.29 is 19.1 Å². The highest BCUT2D eigenvalue weighted by atomic mass is 16.5. The summed E-state index contributed by atoms with van der Waals surface area (Å²) in [6.07, 6.45) is 2.90. The van der Waals surface area contributed by atoms with Gasteiger partial charge in [-0.1, -0.05) is 6.07 Å². The van der Waals surface area contributed by atoms with Crippen molar-refractivity contribution in [2.75, 3.05) is 19.0 Å². The molecule has 8 nitrogen and oxygen atoms in total. The van der Waals surface area contributed by atoms with Gasteiger partial charge in [0.2, 0.25) is 0 Å². The molecular formula is C20H22N4O4. The van der Waals surface area contributed by atoms with Gasteiger partial charge in [0.25, 0.3) is 5.91 Å². The van der Waals surface area contributed by atoms with Gasteiger partial charge in [-0.2, -0.15) is 0 Å². The SMILES string of the molecule is CCOC(=O)/C=C/c1ccc(NC(=O)c2cccc(N=C(N)N)c2)cc1OC. The number of carbonyl (C=O) groups is 2. The molecule has 28 heavy (non-hydrogen) atoms. The van der Waals surface area contributed by atoms with Gasteiger partial charge in [-0.05, 0) is 43.3 Å². The zero-order valence-corrected chi connectivity index (χ0v) is 15.6. The zero-order chi connectivity index (χ0) is 20.5. The molecule has 2 aromatic carbocycles. The second-order valence-electron chi connectivity index (χ2n) is 5.58. The Morgan fingerprint density at radius 2 is 1.96 bits per heavy atom. The monoisotopic (exact) mass is 382 g/mol. The van der Waals surface area contributed by atoms with E-state index >= 15 is 0 Å². The number of rotatable bonds is 7. The molecular weight excluding hydrogens is 360 g/mol. The Kier molecular flexibility index (Phi) is 7.15. The van der Waals surface area contributed by atoms with Crippen molar-refractivity contribution in [2.45, 2.75) is 6.92 Å². The summed E-state index contributed by atoms with van der Waals surface area (Å²) >= 11 is 0. The molecule has 0 atom stereocenters. The minimum absolute atomic E-state index is 0.0891. The van der Waals surface area contributed by atoms with Crippen LogP contribution in [0.2, 0.25) is 0 Å². The Balaban J connectivity index is 2.17. The number of nitrogens with two attached hydrogens (primary N) is 2. The fraction of sp³-hybridized carbons (Fsp3) is 0.150. The Morgan fingerprint density at radius 1 is 1.18 bits per heavy atom. The lowest BCUT2D eigenvalue weighted by atomic mass is 10.1. The molecule has 2 aromatic rings. The second kappa shape index (κ2) is 9.77. The average Bonchev–Trinajstić information content (AvgIpc) is 2.66. The molecule has 0 aromatic heterocycles. The Morgan fingerprint density at radius 3 is 2.64 bits per heavy atom. The first-order valence-electron chi connectivity index (χ1n) is 8.47. The topological polar surface area (TPSA) is 129 Å². The highest BCUT2D eigenvalue weighted by Crippen LogP contribution is 2.25. The number of anilines is 1. The number of esters is 1. The fourth-order valence-corrected chi connectivity index (χ4v) is 2.34. The maximum Gasteiger partial charge on any atom is 0.330 e. The number of nitrogens with one attached hydrogen (secondary N) is 1. The predicted octanol–water partition coefficient (Wildman–Crippen LogP) is 2.43. The van der Waals surface area contributed by atoms with Gasteiger partial charge in [0.15, 0.2) is 5.96 Å². The minimum atomic E-state index is -0.442. The standard InChI is InChI=1S/C20H22N4O4/c1-3-28-18(25)10-8-13-7-9-16(12-17(13)27-2)23-19(26)14-5-4-6-15(11-14)24-20(21)22/h4-12H,3H2,1-2H3,(H,23,26)(H4,21,22,24)/b10-8+. The number of ether oxygens (including phenoxy) is 2. The molecule has 0 aliphatic rings. The number of carbonyl (C=O) groups excluding carboxylic acids is 2. The van der Waals surface area contributed by atoms with Crippen LogP contribution >= 0.6 is 0 Å².